The average Bonchev–Trinajstić information content (AvgIpc) is 3.29. The molecule has 0 fully saturated rings. The smallest absolute Gasteiger partial charge is 0.335 e. The van der Waals surface area contributed by atoms with E-state index in [1.165, 1.54) is 36.4 Å². The minimum atomic E-state index is -3.92. The molecule has 0 radical (unpaired) electrons. The van der Waals surface area contributed by atoms with E-state index in [4.69, 9.17) is 16.7 Å². The van der Waals surface area contributed by atoms with Crippen LogP contribution in [-0.4, -0.2) is 19.5 Å². The SMILES string of the molecule is O=C(O)c1ccc(NS(=O)(=O)c2ccc3c(c2)[C@H]2C=CC[C@H]2[C@@H](c2c(F)cccc2Cl)N3)cc1. The minimum absolute atomic E-state index is 0.0172. The van der Waals surface area contributed by atoms with Crippen molar-refractivity contribution in [2.24, 2.45) is 5.92 Å². The van der Waals surface area contributed by atoms with Crippen LogP contribution >= 0.6 is 11.6 Å². The van der Waals surface area contributed by atoms with Gasteiger partial charge in [-0.15, -0.1) is 0 Å². The van der Waals surface area contributed by atoms with Gasteiger partial charge in [-0.2, -0.15) is 0 Å². The van der Waals surface area contributed by atoms with E-state index in [9.17, 15) is 17.6 Å². The van der Waals surface area contributed by atoms with Gasteiger partial charge in [-0.05, 0) is 72.5 Å². The van der Waals surface area contributed by atoms with E-state index in [2.05, 4.69) is 10.0 Å². The molecule has 1 aliphatic heterocycles. The Labute approximate surface area is 201 Å². The third kappa shape index (κ3) is 3.93. The number of fused-ring (bicyclic) bond motifs is 3. The molecule has 1 heterocycles. The van der Waals surface area contributed by atoms with E-state index in [0.29, 0.717) is 17.0 Å². The Kier molecular flexibility index (Phi) is 5.58. The van der Waals surface area contributed by atoms with Crippen molar-refractivity contribution in [1.29, 1.82) is 0 Å². The quantitative estimate of drug-likeness (QED) is 0.386. The third-order valence-electron chi connectivity index (χ3n) is 6.34. The first-order chi connectivity index (χ1) is 16.2. The molecule has 6 nitrogen and oxygen atoms in total. The molecule has 5 rings (SSSR count). The third-order valence-corrected chi connectivity index (χ3v) is 8.05. The largest absolute Gasteiger partial charge is 0.478 e. The lowest BCUT2D eigenvalue weighted by Gasteiger charge is -2.38. The van der Waals surface area contributed by atoms with E-state index in [-0.39, 0.29) is 39.8 Å². The first-order valence-electron chi connectivity index (χ1n) is 10.6. The van der Waals surface area contributed by atoms with Gasteiger partial charge in [-0.25, -0.2) is 17.6 Å². The number of allylic oxidation sites excluding steroid dienone is 2. The zero-order valence-electron chi connectivity index (χ0n) is 17.7. The van der Waals surface area contributed by atoms with Crippen LogP contribution in [0.3, 0.4) is 0 Å². The highest BCUT2D eigenvalue weighted by atomic mass is 35.5. The molecular formula is C25H20ClFN2O4S. The summed E-state index contributed by atoms with van der Waals surface area (Å²) >= 11 is 6.35. The predicted molar refractivity (Wildman–Crippen MR) is 128 cm³/mol. The normalized spacial score (nSPS) is 20.8. The van der Waals surface area contributed by atoms with Gasteiger partial charge in [0.2, 0.25) is 0 Å². The van der Waals surface area contributed by atoms with Crippen molar-refractivity contribution < 1.29 is 22.7 Å². The number of hydrogen-bond acceptors (Lipinski definition) is 4. The predicted octanol–water partition coefficient (Wildman–Crippen LogP) is 5.80. The van der Waals surface area contributed by atoms with Gasteiger partial charge in [0.25, 0.3) is 10.0 Å². The Morgan fingerprint density at radius 3 is 2.59 bits per heavy atom. The number of carboxylic acids is 1. The topological polar surface area (TPSA) is 95.5 Å². The fourth-order valence-corrected chi connectivity index (χ4v) is 6.10. The van der Waals surface area contributed by atoms with Crippen LogP contribution in [0.4, 0.5) is 15.8 Å². The molecule has 0 bridgehead atoms. The van der Waals surface area contributed by atoms with Crippen molar-refractivity contribution in [3.63, 3.8) is 0 Å². The number of hydrogen-bond donors (Lipinski definition) is 3. The summed E-state index contributed by atoms with van der Waals surface area (Å²) < 4.78 is 43.3. The molecule has 3 aromatic rings. The number of carboxylic acid groups (broad SMARTS) is 1. The number of benzene rings is 3. The zero-order chi connectivity index (χ0) is 24.0. The van der Waals surface area contributed by atoms with E-state index in [1.54, 1.807) is 24.3 Å². The second-order valence-corrected chi connectivity index (χ2v) is 10.4. The summed E-state index contributed by atoms with van der Waals surface area (Å²) in [6.45, 7) is 0. The van der Waals surface area contributed by atoms with Crippen LogP contribution in [-0.2, 0) is 10.0 Å². The summed E-state index contributed by atoms with van der Waals surface area (Å²) in [4.78, 5) is 11.1. The van der Waals surface area contributed by atoms with Crippen molar-refractivity contribution in [1.82, 2.24) is 0 Å². The van der Waals surface area contributed by atoms with E-state index in [0.717, 1.165) is 11.3 Å². The molecule has 0 saturated carbocycles. The van der Waals surface area contributed by atoms with Gasteiger partial charge >= 0.3 is 5.97 Å². The van der Waals surface area contributed by atoms with Gasteiger partial charge in [0.15, 0.2) is 0 Å². The lowest BCUT2D eigenvalue weighted by Crippen LogP contribution is -2.30. The van der Waals surface area contributed by atoms with Gasteiger partial charge in [-0.3, -0.25) is 4.72 Å². The van der Waals surface area contributed by atoms with Crippen molar-refractivity contribution in [3.05, 3.63) is 100 Å². The van der Waals surface area contributed by atoms with Gasteiger partial charge in [-0.1, -0.05) is 29.8 Å². The number of rotatable bonds is 5. The Balaban J connectivity index is 1.48. The van der Waals surface area contributed by atoms with E-state index < -0.39 is 16.0 Å². The van der Waals surface area contributed by atoms with Crippen LogP contribution in [0, 0.1) is 11.7 Å². The number of sulfonamides is 1. The highest BCUT2D eigenvalue weighted by molar-refractivity contribution is 7.92. The molecule has 0 saturated heterocycles. The molecule has 1 aliphatic carbocycles. The number of aromatic carboxylic acids is 1. The molecule has 3 atom stereocenters. The van der Waals surface area contributed by atoms with Crippen LogP contribution in [0.25, 0.3) is 0 Å². The van der Waals surface area contributed by atoms with Crippen LogP contribution in [0.2, 0.25) is 5.02 Å². The molecule has 3 aromatic carbocycles. The van der Waals surface area contributed by atoms with Gasteiger partial charge < -0.3 is 10.4 Å². The Morgan fingerprint density at radius 2 is 1.88 bits per heavy atom. The van der Waals surface area contributed by atoms with Gasteiger partial charge in [0.05, 0.1) is 16.5 Å². The van der Waals surface area contributed by atoms with Crippen molar-refractivity contribution >= 4 is 39.0 Å². The molecule has 2 aliphatic rings. The number of nitrogens with one attached hydrogen (secondary N) is 2. The summed E-state index contributed by atoms with van der Waals surface area (Å²) in [6, 6.07) is 14.5. The lowest BCUT2D eigenvalue weighted by atomic mass is 9.77. The molecule has 3 N–H and O–H groups in total. The fourth-order valence-electron chi connectivity index (χ4n) is 4.73. The summed E-state index contributed by atoms with van der Waals surface area (Å²) in [6.07, 6.45) is 4.76. The van der Waals surface area contributed by atoms with Crippen molar-refractivity contribution in [2.45, 2.75) is 23.3 Å². The zero-order valence-corrected chi connectivity index (χ0v) is 19.3. The molecule has 0 unspecified atom stereocenters. The molecule has 0 aromatic heterocycles. The van der Waals surface area contributed by atoms with Crippen LogP contribution < -0.4 is 10.0 Å². The highest BCUT2D eigenvalue weighted by Gasteiger charge is 2.40. The number of carbonyl (C=O) groups is 1. The highest BCUT2D eigenvalue weighted by Crippen LogP contribution is 2.51. The second-order valence-electron chi connectivity index (χ2n) is 8.35. The maximum atomic E-state index is 14.7. The first kappa shape index (κ1) is 22.4. The van der Waals surface area contributed by atoms with E-state index >= 15 is 0 Å². The molecule has 0 amide bonds. The van der Waals surface area contributed by atoms with Gasteiger partial charge in [0, 0.05) is 27.9 Å². The monoisotopic (exact) mass is 498 g/mol. The first-order valence-corrected chi connectivity index (χ1v) is 12.5. The molecule has 174 valence electrons. The Hall–Kier alpha value is -3.36. The minimum Gasteiger partial charge on any atom is -0.478 e. The Morgan fingerprint density at radius 1 is 1.12 bits per heavy atom. The van der Waals surface area contributed by atoms with Crippen LogP contribution in [0.1, 0.15) is 39.9 Å². The lowest BCUT2D eigenvalue weighted by molar-refractivity contribution is 0.0697. The summed E-state index contributed by atoms with van der Waals surface area (Å²) in [5, 5.41) is 12.7. The average molecular weight is 499 g/mol. The summed E-state index contributed by atoms with van der Waals surface area (Å²) in [5.74, 6) is -1.58. The second kappa shape index (κ2) is 8.45. The fraction of sp³-hybridized carbons (Fsp3) is 0.160. The van der Waals surface area contributed by atoms with E-state index in [1.807, 2.05) is 12.2 Å². The van der Waals surface area contributed by atoms with Crippen molar-refractivity contribution in [2.75, 3.05) is 10.0 Å². The molecule has 9 heteroatoms. The summed E-state index contributed by atoms with van der Waals surface area (Å²) in [7, 11) is -3.92. The van der Waals surface area contributed by atoms with Crippen molar-refractivity contribution in [3.8, 4) is 0 Å². The standard InChI is InChI=1S/C25H20ClFN2O4S/c26-20-5-2-6-21(27)23(20)24-18-4-1-3-17(18)19-13-16(11-12-22(19)28-24)34(32,33)29-15-9-7-14(8-10-15)25(30)31/h1-3,5-13,17-18,24,28-29H,4H2,(H,30,31)/t17-,18+,24-/m0/s1. The number of halogens is 2. The maximum absolute atomic E-state index is 14.7. The van der Waals surface area contributed by atoms with Crippen LogP contribution in [0.15, 0.2) is 77.7 Å². The molecule has 0 spiro atoms. The van der Waals surface area contributed by atoms with Crippen LogP contribution in [0.5, 0.6) is 0 Å². The summed E-state index contributed by atoms with van der Waals surface area (Å²) in [5.41, 5.74) is 2.27. The Bertz CT molecular complexity index is 1400. The molecule has 34 heavy (non-hydrogen) atoms. The van der Waals surface area contributed by atoms with Gasteiger partial charge in [0.1, 0.15) is 5.82 Å². The molecular weight excluding hydrogens is 479 g/mol. The number of anilines is 2. The maximum Gasteiger partial charge on any atom is 0.335 e.